The van der Waals surface area contributed by atoms with E-state index in [-0.39, 0.29) is 37.6 Å². The molecule has 1 aliphatic rings. The molecule has 0 unspecified atom stereocenters. The number of methoxy groups -OCH3 is 1. The lowest BCUT2D eigenvalue weighted by molar-refractivity contribution is -0.384. The lowest BCUT2D eigenvalue weighted by atomic mass is 10.1. The summed E-state index contributed by atoms with van der Waals surface area (Å²) in [6, 6.07) is 5.17. The van der Waals surface area contributed by atoms with Gasteiger partial charge in [0.25, 0.3) is 11.6 Å². The molecular weight excluding hydrogens is 379 g/mol. The second kappa shape index (κ2) is 7.75. The monoisotopic (exact) mass is 395 g/mol. The molecule has 1 amide bonds. The fourth-order valence-electron chi connectivity index (χ4n) is 3.10. The average Bonchev–Trinajstić information content (AvgIpc) is 2.67. The number of anilines is 1. The van der Waals surface area contributed by atoms with Gasteiger partial charge in [0.1, 0.15) is 22.9 Å². The largest absolute Gasteiger partial charge is 0.494 e. The van der Waals surface area contributed by atoms with E-state index in [0.717, 1.165) is 18.2 Å². The number of nitro groups is 1. The van der Waals surface area contributed by atoms with E-state index in [1.54, 1.807) is 4.90 Å². The first-order valence-electron chi connectivity index (χ1n) is 8.33. The first-order valence-corrected chi connectivity index (χ1v) is 8.33. The molecule has 0 aromatic heterocycles. The number of nitro benzene ring substituents is 1. The van der Waals surface area contributed by atoms with Crippen LogP contribution in [0.1, 0.15) is 10.4 Å². The SMILES string of the molecule is COc1cc(N2CCN(C(=O)c3c(F)cccc3F)CC2)c([N+](=O)[O-])cc1F. The first-order chi connectivity index (χ1) is 13.3. The van der Waals surface area contributed by atoms with Gasteiger partial charge in [-0.15, -0.1) is 0 Å². The van der Waals surface area contributed by atoms with Gasteiger partial charge in [-0.2, -0.15) is 0 Å². The Balaban J connectivity index is 1.81. The van der Waals surface area contributed by atoms with Crippen molar-refractivity contribution >= 4 is 17.3 Å². The van der Waals surface area contributed by atoms with E-state index < -0.39 is 39.5 Å². The molecule has 28 heavy (non-hydrogen) atoms. The number of amides is 1. The summed E-state index contributed by atoms with van der Waals surface area (Å²) in [4.78, 5) is 25.9. The van der Waals surface area contributed by atoms with E-state index in [4.69, 9.17) is 4.74 Å². The first kappa shape index (κ1) is 19.5. The average molecular weight is 395 g/mol. The Morgan fingerprint density at radius 2 is 1.68 bits per heavy atom. The Morgan fingerprint density at radius 3 is 2.21 bits per heavy atom. The van der Waals surface area contributed by atoms with Crippen molar-refractivity contribution in [1.29, 1.82) is 0 Å². The molecule has 0 radical (unpaired) electrons. The van der Waals surface area contributed by atoms with Crippen LogP contribution in [0, 0.1) is 27.6 Å². The van der Waals surface area contributed by atoms with Crippen molar-refractivity contribution in [1.82, 2.24) is 4.90 Å². The van der Waals surface area contributed by atoms with Gasteiger partial charge in [-0.3, -0.25) is 14.9 Å². The molecule has 7 nitrogen and oxygen atoms in total. The molecule has 0 aliphatic carbocycles. The molecular formula is C18H16F3N3O4. The van der Waals surface area contributed by atoms with Gasteiger partial charge in [0, 0.05) is 32.2 Å². The minimum Gasteiger partial charge on any atom is -0.494 e. The van der Waals surface area contributed by atoms with E-state index in [1.807, 2.05) is 0 Å². The second-order valence-electron chi connectivity index (χ2n) is 6.11. The number of nitrogens with zero attached hydrogens (tertiary/aromatic N) is 3. The molecule has 1 heterocycles. The smallest absolute Gasteiger partial charge is 0.295 e. The highest BCUT2D eigenvalue weighted by Gasteiger charge is 2.30. The summed E-state index contributed by atoms with van der Waals surface area (Å²) >= 11 is 0. The molecule has 2 aromatic carbocycles. The summed E-state index contributed by atoms with van der Waals surface area (Å²) in [5.74, 6) is -3.70. The van der Waals surface area contributed by atoms with Crippen molar-refractivity contribution in [3.05, 3.63) is 63.5 Å². The number of hydrogen-bond acceptors (Lipinski definition) is 5. The van der Waals surface area contributed by atoms with Gasteiger partial charge in [-0.05, 0) is 12.1 Å². The predicted octanol–water partition coefficient (Wildman–Crippen LogP) is 2.98. The quantitative estimate of drug-likeness (QED) is 0.588. The van der Waals surface area contributed by atoms with Crippen LogP contribution in [-0.2, 0) is 0 Å². The maximum absolute atomic E-state index is 13.8. The fourth-order valence-corrected chi connectivity index (χ4v) is 3.10. The molecule has 1 saturated heterocycles. The maximum Gasteiger partial charge on any atom is 0.295 e. The van der Waals surface area contributed by atoms with Crippen molar-refractivity contribution < 1.29 is 27.6 Å². The Labute approximate surface area is 158 Å². The number of hydrogen-bond donors (Lipinski definition) is 0. The van der Waals surface area contributed by atoms with Crippen LogP contribution < -0.4 is 9.64 Å². The van der Waals surface area contributed by atoms with E-state index >= 15 is 0 Å². The highest BCUT2D eigenvalue weighted by molar-refractivity contribution is 5.95. The minimum absolute atomic E-state index is 0.0868. The van der Waals surface area contributed by atoms with Gasteiger partial charge < -0.3 is 14.5 Å². The van der Waals surface area contributed by atoms with Crippen molar-refractivity contribution in [2.45, 2.75) is 0 Å². The standard InChI is InChI=1S/C18H16F3N3O4/c1-28-16-10-14(15(24(26)27)9-13(16)21)22-5-7-23(8-6-22)18(25)17-11(19)3-2-4-12(17)20/h2-4,9-10H,5-8H2,1H3. The summed E-state index contributed by atoms with van der Waals surface area (Å²) in [7, 11) is 1.24. The van der Waals surface area contributed by atoms with Crippen molar-refractivity contribution in [2.75, 3.05) is 38.2 Å². The highest BCUT2D eigenvalue weighted by Crippen LogP contribution is 2.35. The summed E-state index contributed by atoms with van der Waals surface area (Å²) in [5, 5.41) is 11.3. The molecule has 2 aromatic rings. The molecule has 1 fully saturated rings. The van der Waals surface area contributed by atoms with Crippen LogP contribution >= 0.6 is 0 Å². The zero-order valence-electron chi connectivity index (χ0n) is 14.8. The van der Waals surface area contributed by atoms with Gasteiger partial charge in [0.2, 0.25) is 0 Å². The summed E-state index contributed by atoms with van der Waals surface area (Å²) in [6.45, 7) is 0.502. The molecule has 10 heteroatoms. The van der Waals surface area contributed by atoms with E-state index in [1.165, 1.54) is 24.1 Å². The van der Waals surface area contributed by atoms with Crippen LogP contribution in [0.3, 0.4) is 0 Å². The number of ether oxygens (including phenoxy) is 1. The Morgan fingerprint density at radius 1 is 1.07 bits per heavy atom. The van der Waals surface area contributed by atoms with Crippen molar-refractivity contribution in [2.24, 2.45) is 0 Å². The number of carbonyl (C=O) groups is 1. The molecule has 0 bridgehead atoms. The molecule has 0 spiro atoms. The van der Waals surface area contributed by atoms with Gasteiger partial charge in [-0.1, -0.05) is 6.07 Å². The maximum atomic E-state index is 13.8. The van der Waals surface area contributed by atoms with Gasteiger partial charge in [0.15, 0.2) is 11.6 Å². The predicted molar refractivity (Wildman–Crippen MR) is 94.1 cm³/mol. The lowest BCUT2D eigenvalue weighted by Gasteiger charge is -2.36. The fraction of sp³-hybridized carbons (Fsp3) is 0.278. The van der Waals surface area contributed by atoms with Crippen LogP contribution in [0.25, 0.3) is 0 Å². The van der Waals surface area contributed by atoms with Crippen LogP contribution in [0.4, 0.5) is 24.5 Å². The molecule has 3 rings (SSSR count). The highest BCUT2D eigenvalue weighted by atomic mass is 19.1. The minimum atomic E-state index is -0.952. The molecule has 1 aliphatic heterocycles. The topological polar surface area (TPSA) is 75.9 Å². The van der Waals surface area contributed by atoms with E-state index in [2.05, 4.69) is 0 Å². The Kier molecular flexibility index (Phi) is 5.39. The summed E-state index contributed by atoms with van der Waals surface area (Å²) in [5.41, 5.74) is -0.920. The Hall–Kier alpha value is -3.30. The third kappa shape index (κ3) is 3.57. The zero-order chi connectivity index (χ0) is 20.4. The number of piperazine rings is 1. The van der Waals surface area contributed by atoms with Crippen LogP contribution in [0.2, 0.25) is 0 Å². The van der Waals surface area contributed by atoms with Crippen LogP contribution in [0.15, 0.2) is 30.3 Å². The molecule has 0 saturated carbocycles. The second-order valence-corrected chi connectivity index (χ2v) is 6.11. The Bertz CT molecular complexity index is 910. The third-order valence-corrected chi connectivity index (χ3v) is 4.53. The zero-order valence-corrected chi connectivity index (χ0v) is 14.8. The molecule has 0 atom stereocenters. The third-order valence-electron chi connectivity index (χ3n) is 4.53. The number of rotatable bonds is 4. The van der Waals surface area contributed by atoms with Gasteiger partial charge in [-0.25, -0.2) is 13.2 Å². The summed E-state index contributed by atoms with van der Waals surface area (Å²) < 4.78 is 46.4. The molecule has 0 N–H and O–H groups in total. The normalized spacial score (nSPS) is 14.1. The van der Waals surface area contributed by atoms with E-state index in [9.17, 15) is 28.1 Å². The lowest BCUT2D eigenvalue weighted by Crippen LogP contribution is -2.49. The van der Waals surface area contributed by atoms with E-state index in [0.29, 0.717) is 0 Å². The van der Waals surface area contributed by atoms with Crippen LogP contribution in [0.5, 0.6) is 5.75 Å². The van der Waals surface area contributed by atoms with Crippen molar-refractivity contribution in [3.63, 3.8) is 0 Å². The summed E-state index contributed by atoms with van der Waals surface area (Å²) in [6.07, 6.45) is 0. The molecule has 148 valence electrons. The number of benzene rings is 2. The van der Waals surface area contributed by atoms with Crippen LogP contribution in [-0.4, -0.2) is 49.0 Å². The van der Waals surface area contributed by atoms with Gasteiger partial charge in [0.05, 0.1) is 18.1 Å². The van der Waals surface area contributed by atoms with Gasteiger partial charge >= 0.3 is 0 Å². The number of carbonyl (C=O) groups excluding carboxylic acids is 1. The number of halogens is 3. The van der Waals surface area contributed by atoms with Crippen molar-refractivity contribution in [3.8, 4) is 5.75 Å².